The zero-order valence-corrected chi connectivity index (χ0v) is 13.4. The van der Waals surface area contributed by atoms with E-state index in [1.165, 1.54) is 4.57 Å². The highest BCUT2D eigenvalue weighted by molar-refractivity contribution is 7.71. The number of nitrogens with one attached hydrogen (secondary N) is 1. The second-order valence-electron chi connectivity index (χ2n) is 5.93. The number of piperidine rings is 1. The average molecular weight is 317 g/mol. The number of amides is 1. The van der Waals surface area contributed by atoms with Gasteiger partial charge in [-0.3, -0.25) is 14.2 Å². The average Bonchev–Trinajstić information content (AvgIpc) is 2.52. The summed E-state index contributed by atoms with van der Waals surface area (Å²) in [6, 6.07) is 7.20. The summed E-state index contributed by atoms with van der Waals surface area (Å²) in [4.78, 5) is 29.8. The minimum Gasteiger partial charge on any atom is -0.341 e. The van der Waals surface area contributed by atoms with Crippen LogP contribution in [0, 0.1) is 10.7 Å². The predicted octanol–water partition coefficient (Wildman–Crippen LogP) is 2.32. The lowest BCUT2D eigenvalue weighted by atomic mass is 9.99. The van der Waals surface area contributed by atoms with Gasteiger partial charge in [0.2, 0.25) is 5.91 Å². The van der Waals surface area contributed by atoms with Crippen molar-refractivity contribution in [1.82, 2.24) is 14.5 Å². The number of carbonyl (C=O) groups is 1. The topological polar surface area (TPSA) is 58.1 Å². The number of hydrogen-bond donors (Lipinski definition) is 1. The summed E-state index contributed by atoms with van der Waals surface area (Å²) in [5, 5.41) is 0.552. The van der Waals surface area contributed by atoms with E-state index in [0.717, 1.165) is 25.9 Å². The number of carbonyl (C=O) groups excluding carboxylic acids is 1. The first-order valence-corrected chi connectivity index (χ1v) is 7.96. The van der Waals surface area contributed by atoms with E-state index in [4.69, 9.17) is 12.2 Å². The van der Waals surface area contributed by atoms with Crippen molar-refractivity contribution < 1.29 is 4.79 Å². The summed E-state index contributed by atoms with van der Waals surface area (Å²) in [7, 11) is 0. The highest BCUT2D eigenvalue weighted by atomic mass is 32.1. The van der Waals surface area contributed by atoms with Crippen molar-refractivity contribution in [3.8, 4) is 0 Å². The molecule has 1 fully saturated rings. The van der Waals surface area contributed by atoms with Crippen molar-refractivity contribution in [1.29, 1.82) is 0 Å². The van der Waals surface area contributed by atoms with Gasteiger partial charge >= 0.3 is 0 Å². The van der Waals surface area contributed by atoms with Crippen molar-refractivity contribution in [3.63, 3.8) is 0 Å². The Kier molecular flexibility index (Phi) is 4.11. The highest BCUT2D eigenvalue weighted by Crippen LogP contribution is 2.16. The van der Waals surface area contributed by atoms with E-state index in [-0.39, 0.29) is 18.0 Å². The zero-order valence-electron chi connectivity index (χ0n) is 12.5. The molecule has 0 bridgehead atoms. The number of para-hydroxylation sites is 1. The molecule has 5 nitrogen and oxygen atoms in total. The third-order valence-electron chi connectivity index (χ3n) is 4.32. The normalized spacial score (nSPS) is 16.1. The molecule has 1 aromatic carbocycles. The molecule has 1 amide bonds. The minimum atomic E-state index is -0.210. The summed E-state index contributed by atoms with van der Waals surface area (Å²) in [6.07, 6.45) is 2.04. The maximum Gasteiger partial charge on any atom is 0.262 e. The summed E-state index contributed by atoms with van der Waals surface area (Å²) in [5.74, 6) is 0.624. The molecule has 3 rings (SSSR count). The lowest BCUT2D eigenvalue weighted by molar-refractivity contribution is -0.133. The molecular weight excluding hydrogens is 298 g/mol. The standard InChI is InChI=1S/C16H19N3O2S/c1-11-6-8-18(9-7-11)14(20)10-19-15(21)12-4-2-3-5-13(12)17-16(19)22/h2-5,11H,6-10H2,1H3,(H,17,22). The molecule has 0 radical (unpaired) electrons. The van der Waals surface area contributed by atoms with Crippen LogP contribution in [0.5, 0.6) is 0 Å². The SMILES string of the molecule is CC1CCN(C(=O)Cn2c(=S)[nH]c3ccccc3c2=O)CC1. The molecule has 0 unspecified atom stereocenters. The van der Waals surface area contributed by atoms with Gasteiger partial charge in [0.15, 0.2) is 4.77 Å². The first kappa shape index (κ1) is 15.0. The zero-order chi connectivity index (χ0) is 15.7. The van der Waals surface area contributed by atoms with Crippen LogP contribution in [-0.2, 0) is 11.3 Å². The van der Waals surface area contributed by atoms with Crippen molar-refractivity contribution in [2.24, 2.45) is 5.92 Å². The molecule has 1 aromatic heterocycles. The number of rotatable bonds is 2. The molecule has 1 saturated heterocycles. The van der Waals surface area contributed by atoms with Crippen LogP contribution in [0.2, 0.25) is 0 Å². The van der Waals surface area contributed by atoms with Crippen LogP contribution in [0.3, 0.4) is 0 Å². The predicted molar refractivity (Wildman–Crippen MR) is 88.4 cm³/mol. The number of hydrogen-bond acceptors (Lipinski definition) is 3. The van der Waals surface area contributed by atoms with Crippen LogP contribution >= 0.6 is 12.2 Å². The molecule has 2 heterocycles. The van der Waals surface area contributed by atoms with E-state index in [1.807, 2.05) is 17.0 Å². The molecule has 1 N–H and O–H groups in total. The van der Waals surface area contributed by atoms with Gasteiger partial charge in [-0.2, -0.15) is 0 Å². The van der Waals surface area contributed by atoms with E-state index in [0.29, 0.717) is 21.6 Å². The maximum absolute atomic E-state index is 12.5. The Bertz CT molecular complexity index is 816. The second kappa shape index (κ2) is 6.04. The third-order valence-corrected chi connectivity index (χ3v) is 4.64. The molecule has 0 saturated carbocycles. The fraction of sp³-hybridized carbons (Fsp3) is 0.438. The number of likely N-dealkylation sites (tertiary alicyclic amines) is 1. The van der Waals surface area contributed by atoms with Gasteiger partial charge in [0.05, 0.1) is 10.9 Å². The Morgan fingerprint density at radius 3 is 2.73 bits per heavy atom. The van der Waals surface area contributed by atoms with Crippen molar-refractivity contribution in [2.75, 3.05) is 13.1 Å². The monoisotopic (exact) mass is 317 g/mol. The molecule has 6 heteroatoms. The Hall–Kier alpha value is -1.95. The number of H-pyrrole nitrogens is 1. The number of nitrogens with zero attached hydrogens (tertiary/aromatic N) is 2. The summed E-state index contributed by atoms with van der Waals surface area (Å²) >= 11 is 5.24. The van der Waals surface area contributed by atoms with Gasteiger partial charge in [-0.15, -0.1) is 0 Å². The van der Waals surface area contributed by atoms with Crippen LogP contribution in [0.4, 0.5) is 0 Å². The van der Waals surface area contributed by atoms with Gasteiger partial charge in [0.25, 0.3) is 5.56 Å². The molecule has 1 aliphatic rings. The maximum atomic E-state index is 12.5. The van der Waals surface area contributed by atoms with Crippen LogP contribution in [0.1, 0.15) is 19.8 Å². The highest BCUT2D eigenvalue weighted by Gasteiger charge is 2.21. The van der Waals surface area contributed by atoms with Crippen molar-refractivity contribution in [2.45, 2.75) is 26.3 Å². The second-order valence-corrected chi connectivity index (χ2v) is 6.32. The van der Waals surface area contributed by atoms with E-state index in [1.54, 1.807) is 12.1 Å². The quantitative estimate of drug-likeness (QED) is 0.865. The van der Waals surface area contributed by atoms with Crippen LogP contribution < -0.4 is 5.56 Å². The van der Waals surface area contributed by atoms with Crippen molar-refractivity contribution >= 4 is 29.0 Å². The van der Waals surface area contributed by atoms with E-state index in [9.17, 15) is 9.59 Å². The first-order valence-electron chi connectivity index (χ1n) is 7.56. The Morgan fingerprint density at radius 2 is 2.00 bits per heavy atom. The van der Waals surface area contributed by atoms with Crippen molar-refractivity contribution in [3.05, 3.63) is 39.4 Å². The summed E-state index contributed by atoms with van der Waals surface area (Å²) in [6.45, 7) is 3.73. The Balaban J connectivity index is 1.89. The van der Waals surface area contributed by atoms with Crippen LogP contribution in [0.15, 0.2) is 29.1 Å². The smallest absolute Gasteiger partial charge is 0.262 e. The number of benzene rings is 1. The summed E-state index contributed by atoms with van der Waals surface area (Å²) < 4.78 is 1.65. The molecular formula is C16H19N3O2S. The van der Waals surface area contributed by atoms with Gasteiger partial charge in [-0.1, -0.05) is 19.1 Å². The van der Waals surface area contributed by atoms with Crippen LogP contribution in [-0.4, -0.2) is 33.4 Å². The summed E-state index contributed by atoms with van der Waals surface area (Å²) in [5.41, 5.74) is 0.492. The van der Waals surface area contributed by atoms with Gasteiger partial charge in [0.1, 0.15) is 6.54 Å². The van der Waals surface area contributed by atoms with Gasteiger partial charge in [-0.25, -0.2) is 0 Å². The Morgan fingerprint density at radius 1 is 1.32 bits per heavy atom. The van der Waals surface area contributed by atoms with E-state index >= 15 is 0 Å². The molecule has 0 spiro atoms. The molecule has 22 heavy (non-hydrogen) atoms. The lowest BCUT2D eigenvalue weighted by Gasteiger charge is -2.30. The third kappa shape index (κ3) is 2.83. The number of fused-ring (bicyclic) bond motifs is 1. The largest absolute Gasteiger partial charge is 0.341 e. The van der Waals surface area contributed by atoms with Gasteiger partial charge in [-0.05, 0) is 43.1 Å². The minimum absolute atomic E-state index is 0.00732. The molecule has 0 atom stereocenters. The van der Waals surface area contributed by atoms with Gasteiger partial charge < -0.3 is 9.88 Å². The Labute approximate surface area is 133 Å². The van der Waals surface area contributed by atoms with Gasteiger partial charge in [0, 0.05) is 13.1 Å². The van der Waals surface area contributed by atoms with Crippen LogP contribution in [0.25, 0.3) is 10.9 Å². The fourth-order valence-electron chi connectivity index (χ4n) is 2.84. The van der Waals surface area contributed by atoms with E-state index < -0.39 is 0 Å². The molecule has 116 valence electrons. The molecule has 1 aliphatic heterocycles. The number of aromatic nitrogens is 2. The van der Waals surface area contributed by atoms with E-state index in [2.05, 4.69) is 11.9 Å². The molecule has 0 aliphatic carbocycles. The first-order chi connectivity index (χ1) is 10.6. The fourth-order valence-corrected chi connectivity index (χ4v) is 3.09. The molecule has 2 aromatic rings. The number of aromatic amines is 1. The lowest BCUT2D eigenvalue weighted by Crippen LogP contribution is -2.41.